The molecular formula is C5F10O4S. The molecule has 0 aromatic rings. The van der Waals surface area contributed by atoms with E-state index >= 15 is 0 Å². The van der Waals surface area contributed by atoms with Crippen LogP contribution in [0.3, 0.4) is 0 Å². The minimum Gasteiger partial charge on any atom is -0.263 e. The Morgan fingerprint density at radius 1 is 0.950 bits per heavy atom. The molecule has 0 aliphatic carbocycles. The van der Waals surface area contributed by atoms with E-state index in [1.165, 1.54) is 0 Å². The van der Waals surface area contributed by atoms with Gasteiger partial charge >= 0.3 is 39.7 Å². The fourth-order valence-corrected chi connectivity index (χ4v) is 1.13. The van der Waals surface area contributed by atoms with Gasteiger partial charge in [-0.2, -0.15) is 47.9 Å². The van der Waals surface area contributed by atoms with Crippen LogP contribution in [0.25, 0.3) is 0 Å². The Morgan fingerprint density at radius 3 is 1.55 bits per heavy atom. The molecule has 1 unspecified atom stereocenters. The summed E-state index contributed by atoms with van der Waals surface area (Å²) in [5, 5.41) is -6.88. The number of epoxide rings is 1. The zero-order valence-electron chi connectivity index (χ0n) is 8.32. The van der Waals surface area contributed by atoms with E-state index in [4.69, 9.17) is 0 Å². The lowest BCUT2D eigenvalue weighted by molar-refractivity contribution is -0.440. The number of halogens is 10. The van der Waals surface area contributed by atoms with Gasteiger partial charge in [0.15, 0.2) is 0 Å². The molecule has 1 saturated heterocycles. The molecule has 0 spiro atoms. The lowest BCUT2D eigenvalue weighted by Gasteiger charge is -2.27. The average Bonchev–Trinajstić information content (AvgIpc) is 2.63. The van der Waals surface area contributed by atoms with Crippen LogP contribution in [0, 0.1) is 0 Å². The molecule has 1 aliphatic rings. The van der Waals surface area contributed by atoms with Gasteiger partial charge in [0, 0.05) is 0 Å². The molecule has 0 amide bonds. The Bertz CT molecular complexity index is 514. The van der Waals surface area contributed by atoms with Crippen LogP contribution >= 0.6 is 0 Å². The SMILES string of the molecule is O=S(=O)(F)C(F)(F)C(F)(F)OC(F)(F)C1(F)OC1(F)F. The zero-order chi connectivity index (χ0) is 16.4. The first-order valence-corrected chi connectivity index (χ1v) is 5.34. The zero-order valence-corrected chi connectivity index (χ0v) is 9.14. The van der Waals surface area contributed by atoms with E-state index < -0.39 is 39.7 Å². The highest BCUT2D eigenvalue weighted by molar-refractivity contribution is 7.87. The Hall–Kier alpha value is -0.830. The summed E-state index contributed by atoms with van der Waals surface area (Å²) in [7, 11) is -7.48. The molecule has 0 N–H and O–H groups in total. The van der Waals surface area contributed by atoms with Crippen molar-refractivity contribution in [3.63, 3.8) is 0 Å². The molecule has 1 rings (SSSR count). The van der Waals surface area contributed by atoms with Crippen molar-refractivity contribution in [2.75, 3.05) is 0 Å². The predicted octanol–water partition coefficient (Wildman–Crippen LogP) is 2.37. The van der Waals surface area contributed by atoms with E-state index in [-0.39, 0.29) is 0 Å². The summed E-state index contributed by atoms with van der Waals surface area (Å²) >= 11 is 0. The van der Waals surface area contributed by atoms with Crippen LogP contribution in [-0.4, -0.2) is 37.9 Å². The van der Waals surface area contributed by atoms with E-state index in [2.05, 4.69) is 4.74 Å². The third kappa shape index (κ3) is 2.20. The van der Waals surface area contributed by atoms with Crippen LogP contribution < -0.4 is 0 Å². The van der Waals surface area contributed by atoms with Gasteiger partial charge in [0.05, 0.1) is 0 Å². The smallest absolute Gasteiger partial charge is 0.263 e. The van der Waals surface area contributed by atoms with Crippen molar-refractivity contribution in [3.8, 4) is 0 Å². The Kier molecular flexibility index (Phi) is 3.34. The highest BCUT2D eigenvalue weighted by Gasteiger charge is 2.92. The maximum atomic E-state index is 12.6. The van der Waals surface area contributed by atoms with Crippen molar-refractivity contribution in [2.24, 2.45) is 0 Å². The van der Waals surface area contributed by atoms with Crippen molar-refractivity contribution >= 4 is 10.2 Å². The summed E-state index contributed by atoms with van der Waals surface area (Å²) < 4.78 is 147. The minimum atomic E-state index is -7.48. The largest absolute Gasteiger partial charge is 0.464 e. The van der Waals surface area contributed by atoms with Crippen LogP contribution in [0.2, 0.25) is 0 Å². The number of hydrogen-bond acceptors (Lipinski definition) is 4. The second-order valence-corrected chi connectivity index (χ2v) is 4.69. The highest BCUT2D eigenvalue weighted by Crippen LogP contribution is 2.62. The molecule has 1 heterocycles. The second-order valence-electron chi connectivity index (χ2n) is 3.30. The summed E-state index contributed by atoms with van der Waals surface area (Å²) in [5.41, 5.74) is 0. The van der Waals surface area contributed by atoms with Crippen molar-refractivity contribution in [3.05, 3.63) is 0 Å². The van der Waals surface area contributed by atoms with Crippen LogP contribution in [-0.2, 0) is 19.7 Å². The number of hydrogen-bond donors (Lipinski definition) is 0. The van der Waals surface area contributed by atoms with E-state index in [9.17, 15) is 51.8 Å². The lowest BCUT2D eigenvalue weighted by Crippen LogP contribution is -2.54. The summed E-state index contributed by atoms with van der Waals surface area (Å²) in [6.45, 7) is 0. The van der Waals surface area contributed by atoms with Gasteiger partial charge in [-0.3, -0.25) is 4.74 Å². The minimum absolute atomic E-state index is 1.76. The van der Waals surface area contributed by atoms with Gasteiger partial charge in [0.25, 0.3) is 0 Å². The molecule has 1 fully saturated rings. The van der Waals surface area contributed by atoms with Gasteiger partial charge in [-0.25, -0.2) is 4.74 Å². The van der Waals surface area contributed by atoms with Crippen LogP contribution in [0.15, 0.2) is 0 Å². The van der Waals surface area contributed by atoms with Gasteiger partial charge in [-0.05, 0) is 0 Å². The van der Waals surface area contributed by atoms with Crippen molar-refractivity contribution in [1.29, 1.82) is 0 Å². The second kappa shape index (κ2) is 3.88. The highest BCUT2D eigenvalue weighted by atomic mass is 32.3. The maximum absolute atomic E-state index is 12.6. The standard InChI is InChI=1S/C5F10O4S/c6-1(2(7,8)18-1)3(9,10)19-4(11,12)5(13,14)20(15,16)17. The monoisotopic (exact) mass is 346 g/mol. The lowest BCUT2D eigenvalue weighted by atomic mass is 10.3. The Morgan fingerprint density at radius 2 is 1.30 bits per heavy atom. The molecule has 0 bridgehead atoms. The average molecular weight is 346 g/mol. The van der Waals surface area contributed by atoms with Crippen molar-refractivity contribution in [1.82, 2.24) is 0 Å². The molecule has 0 aromatic heterocycles. The van der Waals surface area contributed by atoms with E-state index in [0.717, 1.165) is 0 Å². The Labute approximate surface area is 102 Å². The first-order chi connectivity index (χ1) is 8.41. The van der Waals surface area contributed by atoms with E-state index in [0.29, 0.717) is 0 Å². The Balaban J connectivity index is 3.10. The molecule has 4 nitrogen and oxygen atoms in total. The summed E-state index contributed by atoms with van der Waals surface area (Å²) in [5.74, 6) is -5.53. The molecule has 15 heteroatoms. The number of ether oxygens (including phenoxy) is 2. The topological polar surface area (TPSA) is 55.9 Å². The van der Waals surface area contributed by atoms with Gasteiger partial charge in [-0.15, -0.1) is 0 Å². The quantitative estimate of drug-likeness (QED) is 0.436. The van der Waals surface area contributed by atoms with Crippen LogP contribution in [0.5, 0.6) is 0 Å². The maximum Gasteiger partial charge on any atom is 0.464 e. The molecule has 120 valence electrons. The summed E-state index contributed by atoms with van der Waals surface area (Å²) in [4.78, 5) is 0. The normalized spacial score (nSPS) is 27.5. The van der Waals surface area contributed by atoms with E-state index in [1.807, 2.05) is 0 Å². The number of rotatable bonds is 5. The molecule has 0 aromatic carbocycles. The third-order valence-corrected chi connectivity index (χ3v) is 2.73. The molecule has 0 saturated carbocycles. The first kappa shape index (κ1) is 17.2. The molecule has 1 atom stereocenters. The van der Waals surface area contributed by atoms with Crippen molar-refractivity contribution in [2.45, 2.75) is 29.4 Å². The molecule has 1 aliphatic heterocycles. The van der Waals surface area contributed by atoms with Gasteiger partial charge in [-0.1, -0.05) is 3.89 Å². The fraction of sp³-hybridized carbons (Fsp3) is 1.00. The number of alkyl halides is 9. The third-order valence-electron chi connectivity index (χ3n) is 1.88. The van der Waals surface area contributed by atoms with E-state index in [1.54, 1.807) is 4.74 Å². The van der Waals surface area contributed by atoms with Crippen LogP contribution in [0.4, 0.5) is 43.4 Å². The van der Waals surface area contributed by atoms with Crippen molar-refractivity contribution < 1.29 is 61.3 Å². The van der Waals surface area contributed by atoms with Crippen LogP contribution in [0.1, 0.15) is 0 Å². The van der Waals surface area contributed by atoms with Gasteiger partial charge in [0.2, 0.25) is 0 Å². The summed E-state index contributed by atoms with van der Waals surface area (Å²) in [6.07, 6.45) is -18.6. The first-order valence-electron chi connectivity index (χ1n) is 3.96. The molecule has 0 radical (unpaired) electrons. The molecular weight excluding hydrogens is 346 g/mol. The molecule has 20 heavy (non-hydrogen) atoms. The summed E-state index contributed by atoms with van der Waals surface area (Å²) in [6, 6.07) is 0. The van der Waals surface area contributed by atoms with Gasteiger partial charge in [0.1, 0.15) is 0 Å². The fourth-order valence-electron chi connectivity index (χ4n) is 0.808. The predicted molar refractivity (Wildman–Crippen MR) is 35.8 cm³/mol. The van der Waals surface area contributed by atoms with Gasteiger partial charge < -0.3 is 0 Å².